The quantitative estimate of drug-likeness (QED) is 0.454. The molecule has 0 bridgehead atoms. The van der Waals surface area contributed by atoms with Crippen LogP contribution in [0.15, 0.2) is 34.8 Å². The zero-order chi connectivity index (χ0) is 19.1. The Bertz CT molecular complexity index is 693. The zero-order valence-corrected chi connectivity index (χ0v) is 15.8. The highest BCUT2D eigenvalue weighted by Crippen LogP contribution is 2.24. The molecule has 1 saturated heterocycles. The van der Waals surface area contributed by atoms with Gasteiger partial charge < -0.3 is 20.3 Å². The van der Waals surface area contributed by atoms with Crippen molar-refractivity contribution in [1.29, 1.82) is 0 Å². The maximum atomic E-state index is 14.0. The van der Waals surface area contributed by atoms with Gasteiger partial charge in [-0.05, 0) is 38.3 Å². The molecular formula is C20H28F2N4O. The minimum atomic E-state index is -0.550. The molecule has 1 aromatic carbocycles. The molecule has 1 aromatic rings. The predicted molar refractivity (Wildman–Crippen MR) is 104 cm³/mol. The second kappa shape index (κ2) is 9.69. The Morgan fingerprint density at radius 3 is 3.00 bits per heavy atom. The van der Waals surface area contributed by atoms with Crippen LogP contribution in [0, 0.1) is 11.6 Å². The standard InChI is InChI=1S/C20H28F2N4O/c1-2-23-20(24-9-5-15-7-11-27-12-8-15)25-17-6-10-26(14-17)19-4-3-16(21)13-18(19)22/h3-4,7,13,17H,2,5-6,8-12,14H2,1H3,(H2,23,24,25). The molecule has 0 aliphatic carbocycles. The van der Waals surface area contributed by atoms with Crippen molar-refractivity contribution in [1.82, 2.24) is 10.6 Å². The SMILES string of the molecule is CCNC(=NCCC1=CCOCC1)NC1CCN(c2ccc(F)cc2F)C1. The van der Waals surface area contributed by atoms with Crippen molar-refractivity contribution in [2.45, 2.75) is 32.2 Å². The summed E-state index contributed by atoms with van der Waals surface area (Å²) < 4.78 is 32.4. The van der Waals surface area contributed by atoms with Crippen LogP contribution >= 0.6 is 0 Å². The van der Waals surface area contributed by atoms with E-state index in [2.05, 4.69) is 21.7 Å². The van der Waals surface area contributed by atoms with Gasteiger partial charge in [-0.25, -0.2) is 8.78 Å². The van der Waals surface area contributed by atoms with Crippen LogP contribution in [0.25, 0.3) is 0 Å². The number of aliphatic imine (C=N–C) groups is 1. The molecule has 0 radical (unpaired) electrons. The molecule has 27 heavy (non-hydrogen) atoms. The van der Waals surface area contributed by atoms with E-state index in [0.717, 1.165) is 57.5 Å². The fourth-order valence-electron chi connectivity index (χ4n) is 3.45. The second-order valence-corrected chi connectivity index (χ2v) is 6.87. The highest BCUT2D eigenvalue weighted by atomic mass is 19.1. The molecule has 0 spiro atoms. The van der Waals surface area contributed by atoms with Crippen LogP contribution in [0.2, 0.25) is 0 Å². The Hall–Kier alpha value is -2.15. The summed E-state index contributed by atoms with van der Waals surface area (Å²) in [7, 11) is 0. The summed E-state index contributed by atoms with van der Waals surface area (Å²) in [5.41, 5.74) is 1.86. The lowest BCUT2D eigenvalue weighted by molar-refractivity contribution is 0.153. The molecule has 1 fully saturated rings. The third kappa shape index (κ3) is 5.66. The van der Waals surface area contributed by atoms with Crippen molar-refractivity contribution in [3.8, 4) is 0 Å². The first-order valence-electron chi connectivity index (χ1n) is 9.66. The maximum absolute atomic E-state index is 14.0. The largest absolute Gasteiger partial charge is 0.377 e. The highest BCUT2D eigenvalue weighted by Gasteiger charge is 2.25. The highest BCUT2D eigenvalue weighted by molar-refractivity contribution is 5.80. The number of anilines is 1. The van der Waals surface area contributed by atoms with Crippen LogP contribution in [0.4, 0.5) is 14.5 Å². The first-order chi connectivity index (χ1) is 13.2. The van der Waals surface area contributed by atoms with Crippen molar-refractivity contribution >= 4 is 11.6 Å². The van der Waals surface area contributed by atoms with Gasteiger partial charge in [-0.2, -0.15) is 0 Å². The first kappa shape index (κ1) is 19.6. The molecule has 1 atom stereocenters. The molecule has 2 N–H and O–H groups in total. The van der Waals surface area contributed by atoms with Crippen molar-refractivity contribution in [3.05, 3.63) is 41.5 Å². The number of nitrogens with one attached hydrogen (secondary N) is 2. The summed E-state index contributed by atoms with van der Waals surface area (Å²) in [5.74, 6) is -0.274. The van der Waals surface area contributed by atoms with E-state index in [1.54, 1.807) is 0 Å². The fraction of sp³-hybridized carbons (Fsp3) is 0.550. The van der Waals surface area contributed by atoms with E-state index < -0.39 is 11.6 Å². The fourth-order valence-corrected chi connectivity index (χ4v) is 3.45. The van der Waals surface area contributed by atoms with Gasteiger partial charge in [-0.15, -0.1) is 0 Å². The molecule has 5 nitrogen and oxygen atoms in total. The normalized spacial score (nSPS) is 20.6. The van der Waals surface area contributed by atoms with E-state index in [4.69, 9.17) is 4.74 Å². The van der Waals surface area contributed by atoms with Gasteiger partial charge >= 0.3 is 0 Å². The lowest BCUT2D eigenvalue weighted by Crippen LogP contribution is -2.44. The lowest BCUT2D eigenvalue weighted by atomic mass is 10.1. The van der Waals surface area contributed by atoms with Gasteiger partial charge in [-0.1, -0.05) is 11.6 Å². The topological polar surface area (TPSA) is 48.9 Å². The molecule has 7 heteroatoms. The van der Waals surface area contributed by atoms with Crippen LogP contribution in [0.3, 0.4) is 0 Å². The zero-order valence-electron chi connectivity index (χ0n) is 15.8. The second-order valence-electron chi connectivity index (χ2n) is 6.87. The van der Waals surface area contributed by atoms with Gasteiger partial charge in [0.25, 0.3) is 0 Å². The summed E-state index contributed by atoms with van der Waals surface area (Å²) >= 11 is 0. The molecule has 0 saturated carbocycles. The number of ether oxygens (including phenoxy) is 1. The molecule has 2 aliphatic heterocycles. The van der Waals surface area contributed by atoms with E-state index in [1.165, 1.54) is 17.7 Å². The summed E-state index contributed by atoms with van der Waals surface area (Å²) in [4.78, 5) is 6.62. The number of hydrogen-bond acceptors (Lipinski definition) is 3. The lowest BCUT2D eigenvalue weighted by Gasteiger charge is -2.21. The number of guanidine groups is 1. The number of nitrogens with zero attached hydrogens (tertiary/aromatic N) is 2. The summed E-state index contributed by atoms with van der Waals surface area (Å²) in [6.45, 7) is 6.44. The van der Waals surface area contributed by atoms with E-state index in [9.17, 15) is 8.78 Å². The van der Waals surface area contributed by atoms with Gasteiger partial charge in [0.2, 0.25) is 0 Å². The third-order valence-electron chi connectivity index (χ3n) is 4.88. The number of rotatable bonds is 6. The number of halogens is 2. The van der Waals surface area contributed by atoms with Crippen LogP contribution in [-0.2, 0) is 4.74 Å². The van der Waals surface area contributed by atoms with E-state index in [0.29, 0.717) is 18.8 Å². The van der Waals surface area contributed by atoms with Crippen molar-refractivity contribution in [2.75, 3.05) is 44.3 Å². The van der Waals surface area contributed by atoms with Crippen LogP contribution in [0.5, 0.6) is 0 Å². The van der Waals surface area contributed by atoms with Crippen molar-refractivity contribution in [2.24, 2.45) is 4.99 Å². The van der Waals surface area contributed by atoms with Crippen LogP contribution < -0.4 is 15.5 Å². The summed E-state index contributed by atoms with van der Waals surface area (Å²) in [5, 5.41) is 6.71. The monoisotopic (exact) mass is 378 g/mol. The van der Waals surface area contributed by atoms with Gasteiger partial charge in [-0.3, -0.25) is 4.99 Å². The Balaban J connectivity index is 1.53. The molecule has 2 heterocycles. The molecule has 0 amide bonds. The number of hydrogen-bond donors (Lipinski definition) is 2. The van der Waals surface area contributed by atoms with E-state index in [-0.39, 0.29) is 6.04 Å². The van der Waals surface area contributed by atoms with E-state index >= 15 is 0 Å². The van der Waals surface area contributed by atoms with Crippen LogP contribution in [0.1, 0.15) is 26.2 Å². The minimum Gasteiger partial charge on any atom is -0.377 e. The smallest absolute Gasteiger partial charge is 0.191 e. The predicted octanol–water partition coefficient (Wildman–Crippen LogP) is 2.84. The molecule has 3 rings (SSSR count). The van der Waals surface area contributed by atoms with Gasteiger partial charge in [0.05, 0.1) is 18.9 Å². The maximum Gasteiger partial charge on any atom is 0.191 e. The average molecular weight is 378 g/mol. The molecule has 148 valence electrons. The van der Waals surface area contributed by atoms with E-state index in [1.807, 2.05) is 11.8 Å². The van der Waals surface area contributed by atoms with Gasteiger partial charge in [0.15, 0.2) is 5.96 Å². The molecule has 2 aliphatic rings. The van der Waals surface area contributed by atoms with Crippen molar-refractivity contribution in [3.63, 3.8) is 0 Å². The molecular weight excluding hydrogens is 350 g/mol. The molecule has 1 unspecified atom stereocenters. The summed E-state index contributed by atoms with van der Waals surface area (Å²) in [6, 6.07) is 3.92. The molecule has 0 aromatic heterocycles. The minimum absolute atomic E-state index is 0.176. The third-order valence-corrected chi connectivity index (χ3v) is 4.88. The number of benzene rings is 1. The first-order valence-corrected chi connectivity index (χ1v) is 9.66. The Labute approximate surface area is 159 Å². The Morgan fingerprint density at radius 1 is 1.37 bits per heavy atom. The van der Waals surface area contributed by atoms with Gasteiger partial charge in [0.1, 0.15) is 11.6 Å². The van der Waals surface area contributed by atoms with Crippen molar-refractivity contribution < 1.29 is 13.5 Å². The Morgan fingerprint density at radius 2 is 2.26 bits per heavy atom. The van der Waals surface area contributed by atoms with Gasteiger partial charge in [0, 0.05) is 38.3 Å². The Kier molecular flexibility index (Phi) is 7.04. The summed E-state index contributed by atoms with van der Waals surface area (Å²) in [6.07, 6.45) is 4.95. The van der Waals surface area contributed by atoms with Crippen LogP contribution in [-0.4, -0.2) is 51.4 Å². The average Bonchev–Trinajstić information content (AvgIpc) is 3.11.